The normalized spacial score (nSPS) is 24.1. The molecule has 1 aliphatic heterocycles. The molecule has 0 saturated carbocycles. The summed E-state index contributed by atoms with van der Waals surface area (Å²) in [6.45, 7) is 2.77. The van der Waals surface area contributed by atoms with E-state index in [0.29, 0.717) is 10.6 Å². The quantitative estimate of drug-likeness (QED) is 0.731. The zero-order chi connectivity index (χ0) is 18.9. The third-order valence-electron chi connectivity index (χ3n) is 4.57. The number of carbonyl (C=O) groups excluding carboxylic acids is 1. The van der Waals surface area contributed by atoms with Crippen LogP contribution in [0.25, 0.3) is 0 Å². The summed E-state index contributed by atoms with van der Waals surface area (Å²) >= 11 is 6.03. The van der Waals surface area contributed by atoms with E-state index < -0.39 is 41.4 Å². The van der Waals surface area contributed by atoms with Gasteiger partial charge < -0.3 is 15.5 Å². The molecule has 0 unspecified atom stereocenters. The Kier molecular flexibility index (Phi) is 5.39. The molecule has 7 nitrogen and oxygen atoms in total. The predicted octanol–water partition coefficient (Wildman–Crippen LogP) is 1.77. The van der Waals surface area contributed by atoms with Gasteiger partial charge in [-0.15, -0.1) is 0 Å². The summed E-state index contributed by atoms with van der Waals surface area (Å²) in [5.74, 6) is -3.39. The molecule has 8 heteroatoms. The highest BCUT2D eigenvalue weighted by Crippen LogP contribution is 2.41. The van der Waals surface area contributed by atoms with E-state index in [9.17, 15) is 24.6 Å². The van der Waals surface area contributed by atoms with Gasteiger partial charge in [0.2, 0.25) is 5.91 Å². The first-order valence-electron chi connectivity index (χ1n) is 7.80. The molecule has 0 bridgehead atoms. The predicted molar refractivity (Wildman–Crippen MR) is 91.3 cm³/mol. The molecule has 1 aromatic carbocycles. The van der Waals surface area contributed by atoms with Gasteiger partial charge in [0.15, 0.2) is 0 Å². The number of likely N-dealkylation sites (N-methyl/N-ethyl adjacent to an activating group) is 1. The van der Waals surface area contributed by atoms with Gasteiger partial charge >= 0.3 is 11.9 Å². The number of carboxylic acids is 2. The van der Waals surface area contributed by atoms with Crippen molar-refractivity contribution in [2.75, 3.05) is 7.05 Å². The van der Waals surface area contributed by atoms with Gasteiger partial charge in [0.25, 0.3) is 0 Å². The Hall–Kier alpha value is -2.12. The van der Waals surface area contributed by atoms with Crippen LogP contribution in [0.5, 0.6) is 0 Å². The molecular weight excluding hydrogens is 348 g/mol. The third kappa shape index (κ3) is 3.93. The van der Waals surface area contributed by atoms with Crippen LogP contribution in [0.1, 0.15) is 31.9 Å². The summed E-state index contributed by atoms with van der Waals surface area (Å²) in [7, 11) is 1.64. The number of nitrogens with zero attached hydrogens (tertiary/aromatic N) is 1. The largest absolute Gasteiger partial charge is 0.480 e. The van der Waals surface area contributed by atoms with E-state index in [2.05, 4.69) is 5.32 Å². The summed E-state index contributed by atoms with van der Waals surface area (Å²) in [4.78, 5) is 37.1. The van der Waals surface area contributed by atoms with E-state index in [-0.39, 0.29) is 6.42 Å². The first kappa shape index (κ1) is 19.2. The van der Waals surface area contributed by atoms with E-state index in [0.717, 1.165) is 0 Å². The molecule has 1 aromatic rings. The molecule has 1 aliphatic rings. The number of likely N-dealkylation sites (tertiary alicyclic amines) is 1. The Morgan fingerprint density at radius 3 is 2.44 bits per heavy atom. The lowest BCUT2D eigenvalue weighted by atomic mass is 9.91. The van der Waals surface area contributed by atoms with Crippen molar-refractivity contribution in [3.05, 3.63) is 34.9 Å². The van der Waals surface area contributed by atoms with E-state index in [1.54, 1.807) is 36.2 Å². The Morgan fingerprint density at radius 1 is 1.28 bits per heavy atom. The summed E-state index contributed by atoms with van der Waals surface area (Å²) in [5, 5.41) is 21.6. The maximum Gasteiger partial charge on any atom is 0.328 e. The van der Waals surface area contributed by atoms with Crippen molar-refractivity contribution < 1.29 is 24.6 Å². The van der Waals surface area contributed by atoms with Crippen LogP contribution >= 0.6 is 11.6 Å². The fourth-order valence-corrected chi connectivity index (χ4v) is 3.35. The summed E-state index contributed by atoms with van der Waals surface area (Å²) in [5.41, 5.74) is -0.734. The van der Waals surface area contributed by atoms with Gasteiger partial charge in [-0.3, -0.25) is 14.5 Å². The van der Waals surface area contributed by atoms with E-state index in [4.69, 9.17) is 11.6 Å². The lowest BCUT2D eigenvalue weighted by molar-refractivity contribution is -0.147. The van der Waals surface area contributed by atoms with Crippen molar-refractivity contribution in [2.45, 2.75) is 37.9 Å². The number of amides is 1. The van der Waals surface area contributed by atoms with Crippen molar-refractivity contribution in [2.24, 2.45) is 5.92 Å². The monoisotopic (exact) mass is 368 g/mol. The molecule has 136 valence electrons. The van der Waals surface area contributed by atoms with Crippen molar-refractivity contribution >= 4 is 29.4 Å². The van der Waals surface area contributed by atoms with Gasteiger partial charge in [-0.2, -0.15) is 0 Å². The van der Waals surface area contributed by atoms with Crippen LogP contribution in [0.4, 0.5) is 0 Å². The lowest BCUT2D eigenvalue weighted by Gasteiger charge is -2.29. The van der Waals surface area contributed by atoms with E-state index in [1.165, 1.54) is 13.8 Å². The first-order chi connectivity index (χ1) is 11.5. The summed E-state index contributed by atoms with van der Waals surface area (Å²) < 4.78 is 0. The zero-order valence-electron chi connectivity index (χ0n) is 14.2. The molecule has 0 radical (unpaired) electrons. The second-order valence-electron chi connectivity index (χ2n) is 6.78. The number of nitrogens with one attached hydrogen (secondary N) is 1. The second kappa shape index (κ2) is 7.01. The van der Waals surface area contributed by atoms with Gasteiger partial charge in [0.1, 0.15) is 11.6 Å². The van der Waals surface area contributed by atoms with E-state index >= 15 is 0 Å². The fourth-order valence-electron chi connectivity index (χ4n) is 3.15. The number of hydrogen-bond donors (Lipinski definition) is 3. The Labute approximate surface area is 150 Å². The summed E-state index contributed by atoms with van der Waals surface area (Å²) in [6, 6.07) is 5.54. The molecule has 3 N–H and O–H groups in total. The average molecular weight is 369 g/mol. The lowest BCUT2D eigenvalue weighted by Crippen LogP contribution is -2.52. The van der Waals surface area contributed by atoms with Gasteiger partial charge in [-0.05, 0) is 45.0 Å². The molecule has 1 fully saturated rings. The SMILES string of the molecule is CN1[C@@H](C(=O)O)C[C@@H](C(=O)NC(C)(C)C(=O)O)[C@H]1c1cccc(Cl)c1. The number of rotatable bonds is 5. The zero-order valence-corrected chi connectivity index (χ0v) is 14.9. The molecule has 0 aromatic heterocycles. The van der Waals surface area contributed by atoms with Crippen molar-refractivity contribution in [1.29, 1.82) is 0 Å². The van der Waals surface area contributed by atoms with Crippen LogP contribution in [0.3, 0.4) is 0 Å². The molecular formula is C17H21ClN2O5. The minimum atomic E-state index is -1.45. The highest BCUT2D eigenvalue weighted by atomic mass is 35.5. The Bertz CT molecular complexity index is 706. The number of carboxylic acid groups (broad SMARTS) is 2. The fraction of sp³-hybridized carbons (Fsp3) is 0.471. The van der Waals surface area contributed by atoms with Gasteiger partial charge in [0.05, 0.1) is 5.92 Å². The van der Waals surface area contributed by atoms with E-state index in [1.807, 2.05) is 0 Å². The van der Waals surface area contributed by atoms with Crippen molar-refractivity contribution in [3.8, 4) is 0 Å². The molecule has 1 amide bonds. The molecule has 0 aliphatic carbocycles. The number of carbonyl (C=O) groups is 3. The molecule has 0 spiro atoms. The van der Waals surface area contributed by atoms with Crippen LogP contribution in [-0.2, 0) is 14.4 Å². The minimum Gasteiger partial charge on any atom is -0.480 e. The van der Waals surface area contributed by atoms with Crippen molar-refractivity contribution in [3.63, 3.8) is 0 Å². The Balaban J connectivity index is 2.37. The molecule has 1 heterocycles. The van der Waals surface area contributed by atoms with Crippen LogP contribution < -0.4 is 5.32 Å². The topological polar surface area (TPSA) is 107 Å². The Morgan fingerprint density at radius 2 is 1.92 bits per heavy atom. The van der Waals surface area contributed by atoms with Gasteiger partial charge in [0, 0.05) is 11.1 Å². The van der Waals surface area contributed by atoms with Crippen LogP contribution in [-0.4, -0.2) is 51.6 Å². The number of aliphatic carboxylic acids is 2. The highest BCUT2D eigenvalue weighted by molar-refractivity contribution is 6.30. The smallest absolute Gasteiger partial charge is 0.328 e. The number of hydrogen-bond acceptors (Lipinski definition) is 4. The average Bonchev–Trinajstić information content (AvgIpc) is 2.84. The molecule has 25 heavy (non-hydrogen) atoms. The van der Waals surface area contributed by atoms with Crippen molar-refractivity contribution in [1.82, 2.24) is 10.2 Å². The van der Waals surface area contributed by atoms with Gasteiger partial charge in [-0.25, -0.2) is 4.79 Å². The standard InChI is InChI=1S/C17H21ClN2O5/c1-17(2,16(24)25)19-14(21)11-8-12(15(22)23)20(3)13(11)9-5-4-6-10(18)7-9/h4-7,11-13H,8H2,1-3H3,(H,19,21)(H,22,23)(H,24,25)/t11-,12-,13-/m1/s1. The maximum absolute atomic E-state index is 12.7. The maximum atomic E-state index is 12.7. The number of benzene rings is 1. The molecule has 3 atom stereocenters. The minimum absolute atomic E-state index is 0.0878. The first-order valence-corrected chi connectivity index (χ1v) is 8.18. The summed E-state index contributed by atoms with van der Waals surface area (Å²) in [6.07, 6.45) is 0.0878. The highest BCUT2D eigenvalue weighted by Gasteiger charge is 2.47. The third-order valence-corrected chi connectivity index (χ3v) is 4.81. The van der Waals surface area contributed by atoms with Gasteiger partial charge in [-0.1, -0.05) is 23.7 Å². The number of halogens is 1. The van der Waals surface area contributed by atoms with Crippen LogP contribution in [0.15, 0.2) is 24.3 Å². The van der Waals surface area contributed by atoms with Crippen LogP contribution in [0.2, 0.25) is 5.02 Å². The molecule has 2 rings (SSSR count). The molecule has 1 saturated heterocycles. The second-order valence-corrected chi connectivity index (χ2v) is 7.22. The van der Waals surface area contributed by atoms with Crippen LogP contribution in [0, 0.1) is 5.92 Å².